The van der Waals surface area contributed by atoms with Crippen molar-refractivity contribution in [3.8, 4) is 0 Å². The van der Waals surface area contributed by atoms with E-state index in [-0.39, 0.29) is 21.0 Å². The van der Waals surface area contributed by atoms with Crippen molar-refractivity contribution in [1.82, 2.24) is 9.21 Å². The zero-order valence-electron chi connectivity index (χ0n) is 12.2. The van der Waals surface area contributed by atoms with Crippen LogP contribution in [0, 0.1) is 0 Å². The van der Waals surface area contributed by atoms with E-state index in [1.807, 2.05) is 0 Å². The van der Waals surface area contributed by atoms with Crippen LogP contribution in [0.15, 0.2) is 23.1 Å². The minimum Gasteiger partial charge on any atom is -0.303 e. The van der Waals surface area contributed by atoms with Crippen LogP contribution in [0.5, 0.6) is 0 Å². The van der Waals surface area contributed by atoms with Crippen LogP contribution in [0.1, 0.15) is 19.8 Å². The Morgan fingerprint density at radius 3 is 2.24 bits per heavy atom. The first-order valence-electron chi connectivity index (χ1n) is 7.02. The van der Waals surface area contributed by atoms with Gasteiger partial charge < -0.3 is 4.90 Å². The molecule has 0 aromatic heterocycles. The van der Waals surface area contributed by atoms with Crippen molar-refractivity contribution in [2.75, 3.05) is 26.7 Å². The van der Waals surface area contributed by atoms with Gasteiger partial charge in [0.2, 0.25) is 10.0 Å². The molecule has 1 aliphatic heterocycles. The van der Waals surface area contributed by atoms with Gasteiger partial charge in [-0.2, -0.15) is 4.31 Å². The molecule has 7 heteroatoms. The Hall–Kier alpha value is -0.330. The van der Waals surface area contributed by atoms with Crippen molar-refractivity contribution in [2.45, 2.75) is 30.7 Å². The minimum atomic E-state index is -3.67. The topological polar surface area (TPSA) is 40.6 Å². The molecule has 0 N–H and O–H groups in total. The molecule has 0 aliphatic carbocycles. The molecule has 1 fully saturated rings. The predicted octanol–water partition coefficient (Wildman–Crippen LogP) is 3.10. The highest BCUT2D eigenvalue weighted by Crippen LogP contribution is 2.32. The van der Waals surface area contributed by atoms with Gasteiger partial charge in [-0.15, -0.1) is 0 Å². The van der Waals surface area contributed by atoms with Gasteiger partial charge in [-0.25, -0.2) is 8.42 Å². The molecule has 1 aliphatic rings. The summed E-state index contributed by atoms with van der Waals surface area (Å²) in [7, 11) is -2.06. The number of benzene rings is 1. The number of rotatable bonds is 4. The monoisotopic (exact) mass is 350 g/mol. The van der Waals surface area contributed by atoms with E-state index >= 15 is 0 Å². The summed E-state index contributed by atoms with van der Waals surface area (Å²) < 4.78 is 27.0. The number of nitrogens with zero attached hydrogens (tertiary/aromatic N) is 2. The maximum absolute atomic E-state index is 12.8. The molecule has 2 rings (SSSR count). The van der Waals surface area contributed by atoms with Gasteiger partial charge in [0.05, 0.1) is 10.0 Å². The third-order valence-corrected chi connectivity index (χ3v) is 6.94. The number of sulfonamides is 1. The van der Waals surface area contributed by atoms with Crippen LogP contribution in [0.2, 0.25) is 10.0 Å². The average molecular weight is 351 g/mol. The van der Waals surface area contributed by atoms with Crippen molar-refractivity contribution in [3.05, 3.63) is 28.2 Å². The van der Waals surface area contributed by atoms with Gasteiger partial charge in [0.15, 0.2) is 0 Å². The van der Waals surface area contributed by atoms with E-state index in [1.54, 1.807) is 25.2 Å². The van der Waals surface area contributed by atoms with Crippen molar-refractivity contribution < 1.29 is 8.42 Å². The molecule has 4 nitrogen and oxygen atoms in total. The lowest BCUT2D eigenvalue weighted by atomic mass is 10.1. The van der Waals surface area contributed by atoms with Crippen molar-refractivity contribution in [3.63, 3.8) is 0 Å². The Morgan fingerprint density at radius 1 is 1.24 bits per heavy atom. The summed E-state index contributed by atoms with van der Waals surface area (Å²) in [5.41, 5.74) is 0. The molecule has 0 unspecified atom stereocenters. The zero-order chi connectivity index (χ0) is 15.6. The van der Waals surface area contributed by atoms with E-state index in [0.29, 0.717) is 0 Å². The third-order valence-electron chi connectivity index (χ3n) is 4.07. The van der Waals surface area contributed by atoms with E-state index in [9.17, 15) is 8.42 Å². The average Bonchev–Trinajstić information content (AvgIpc) is 2.46. The van der Waals surface area contributed by atoms with Crippen LogP contribution in [0.3, 0.4) is 0 Å². The first kappa shape index (κ1) is 17.0. The Labute approximate surface area is 136 Å². The summed E-state index contributed by atoms with van der Waals surface area (Å²) in [5.74, 6) is 0. The Balaban J connectivity index is 2.24. The summed E-state index contributed by atoms with van der Waals surface area (Å²) in [5, 5.41) is 0.334. The smallest absolute Gasteiger partial charge is 0.246 e. The second kappa shape index (κ2) is 6.84. The van der Waals surface area contributed by atoms with Crippen LogP contribution in [-0.2, 0) is 10.0 Å². The van der Waals surface area contributed by atoms with Gasteiger partial charge in [0.25, 0.3) is 0 Å². The summed E-state index contributed by atoms with van der Waals surface area (Å²) >= 11 is 12.1. The highest BCUT2D eigenvalue weighted by molar-refractivity contribution is 7.89. The van der Waals surface area contributed by atoms with Crippen molar-refractivity contribution in [2.24, 2.45) is 0 Å². The molecule has 1 aromatic rings. The van der Waals surface area contributed by atoms with Gasteiger partial charge in [-0.05, 0) is 44.6 Å². The molecule has 0 amide bonds. The fourth-order valence-electron chi connectivity index (χ4n) is 2.67. The molecule has 21 heavy (non-hydrogen) atoms. The fraction of sp³-hybridized carbons (Fsp3) is 0.571. The van der Waals surface area contributed by atoms with Crippen molar-refractivity contribution in [1.29, 1.82) is 0 Å². The quantitative estimate of drug-likeness (QED) is 0.837. The van der Waals surface area contributed by atoms with Crippen LogP contribution in [0.4, 0.5) is 0 Å². The second-order valence-corrected chi connectivity index (χ2v) is 7.99. The SMILES string of the molecule is CCN1CCC(N(C)S(=O)(=O)c2c(Cl)cccc2Cl)CC1. The molecule has 0 saturated carbocycles. The number of piperidine rings is 1. The first-order valence-corrected chi connectivity index (χ1v) is 9.22. The molecule has 0 bridgehead atoms. The molecular formula is C14H20Cl2N2O2S. The van der Waals surface area contributed by atoms with E-state index in [2.05, 4.69) is 11.8 Å². The van der Waals surface area contributed by atoms with E-state index in [4.69, 9.17) is 23.2 Å². The number of halogens is 2. The van der Waals surface area contributed by atoms with Gasteiger partial charge in [-0.1, -0.05) is 36.2 Å². The van der Waals surface area contributed by atoms with Crippen LogP contribution in [0.25, 0.3) is 0 Å². The molecule has 0 atom stereocenters. The minimum absolute atomic E-state index is 0.00811. The maximum Gasteiger partial charge on any atom is 0.246 e. The van der Waals surface area contributed by atoms with Gasteiger partial charge in [0, 0.05) is 13.1 Å². The summed E-state index contributed by atoms with van der Waals surface area (Å²) in [6, 6.07) is 4.73. The summed E-state index contributed by atoms with van der Waals surface area (Å²) in [6.07, 6.45) is 1.65. The van der Waals surface area contributed by atoms with E-state index in [0.717, 1.165) is 32.5 Å². The molecule has 1 heterocycles. The first-order chi connectivity index (χ1) is 9.87. The second-order valence-electron chi connectivity index (χ2n) is 5.24. The van der Waals surface area contributed by atoms with Crippen molar-refractivity contribution >= 4 is 33.2 Å². The van der Waals surface area contributed by atoms with Crippen LogP contribution < -0.4 is 0 Å². The lowest BCUT2D eigenvalue weighted by Gasteiger charge is -2.35. The fourth-order valence-corrected chi connectivity index (χ4v) is 5.17. The van der Waals surface area contributed by atoms with Gasteiger partial charge in [-0.3, -0.25) is 0 Å². The van der Waals surface area contributed by atoms with E-state index < -0.39 is 10.0 Å². The lowest BCUT2D eigenvalue weighted by molar-refractivity contribution is 0.176. The number of likely N-dealkylation sites (tertiary alicyclic amines) is 1. The predicted molar refractivity (Wildman–Crippen MR) is 86.5 cm³/mol. The Bertz CT molecular complexity index is 579. The van der Waals surface area contributed by atoms with Crippen LogP contribution >= 0.6 is 23.2 Å². The standard InChI is InChI=1S/C14H20Cl2N2O2S/c1-3-18-9-7-11(8-10-18)17(2)21(19,20)14-12(15)5-4-6-13(14)16/h4-6,11H,3,7-10H2,1-2H3. The molecule has 0 spiro atoms. The van der Waals surface area contributed by atoms with E-state index in [1.165, 1.54) is 4.31 Å². The largest absolute Gasteiger partial charge is 0.303 e. The normalized spacial score (nSPS) is 18.3. The van der Waals surface area contributed by atoms with Gasteiger partial charge in [0.1, 0.15) is 4.90 Å². The molecule has 118 valence electrons. The summed E-state index contributed by atoms with van der Waals surface area (Å²) in [6.45, 7) is 4.94. The number of hydrogen-bond donors (Lipinski definition) is 0. The Kier molecular flexibility index (Phi) is 5.54. The number of hydrogen-bond acceptors (Lipinski definition) is 3. The summed E-state index contributed by atoms with van der Waals surface area (Å²) in [4.78, 5) is 2.33. The highest BCUT2D eigenvalue weighted by atomic mass is 35.5. The lowest BCUT2D eigenvalue weighted by Crippen LogP contribution is -2.45. The Morgan fingerprint density at radius 2 is 1.76 bits per heavy atom. The van der Waals surface area contributed by atoms with Crippen LogP contribution in [-0.4, -0.2) is 50.3 Å². The zero-order valence-corrected chi connectivity index (χ0v) is 14.5. The van der Waals surface area contributed by atoms with Gasteiger partial charge >= 0.3 is 0 Å². The third kappa shape index (κ3) is 3.54. The maximum atomic E-state index is 12.8. The molecular weight excluding hydrogens is 331 g/mol. The highest BCUT2D eigenvalue weighted by Gasteiger charge is 2.33. The molecule has 1 saturated heterocycles. The molecule has 1 aromatic carbocycles. The molecule has 0 radical (unpaired) electrons.